The van der Waals surface area contributed by atoms with Gasteiger partial charge < -0.3 is 11.1 Å². The van der Waals surface area contributed by atoms with Crippen LogP contribution >= 0.6 is 0 Å². The molecule has 1 aliphatic rings. The molecule has 0 aromatic heterocycles. The highest BCUT2D eigenvalue weighted by atomic mass is 16.2. The summed E-state index contributed by atoms with van der Waals surface area (Å²) in [5.41, 5.74) is 5.23. The zero-order chi connectivity index (χ0) is 19.0. The smallest absolute Gasteiger partial charge is 0.229 e. The van der Waals surface area contributed by atoms with Gasteiger partial charge in [-0.05, 0) is 38.1 Å². The molecule has 142 valence electrons. The second-order valence-electron chi connectivity index (χ2n) is 7.23. The molecule has 7 nitrogen and oxygen atoms in total. The molecule has 0 radical (unpaired) electrons. The normalized spacial score (nSPS) is 19.4. The summed E-state index contributed by atoms with van der Waals surface area (Å²) in [5, 5.41) is 3.02. The Kier molecular flexibility index (Phi) is 8.75. The first kappa shape index (κ1) is 21.3. The molecular weight excluding hydrogens is 322 g/mol. The fourth-order valence-electron chi connectivity index (χ4n) is 2.81. The summed E-state index contributed by atoms with van der Waals surface area (Å²) >= 11 is 0. The van der Waals surface area contributed by atoms with E-state index < -0.39 is 17.9 Å². The minimum atomic E-state index is -0.703. The van der Waals surface area contributed by atoms with Crippen molar-refractivity contribution in [1.82, 2.24) is 10.2 Å². The van der Waals surface area contributed by atoms with Crippen LogP contribution in [0.2, 0.25) is 0 Å². The average Bonchev–Trinajstić information content (AvgIpc) is 2.75. The summed E-state index contributed by atoms with van der Waals surface area (Å²) in [5.74, 6) is -1.40. The minimum Gasteiger partial charge on any atom is -0.369 e. The molecular formula is C18H31N3O4. The molecule has 0 aliphatic carbocycles. The zero-order valence-electron chi connectivity index (χ0n) is 15.5. The van der Waals surface area contributed by atoms with Gasteiger partial charge >= 0.3 is 0 Å². The number of ketones is 1. The van der Waals surface area contributed by atoms with Crippen LogP contribution in [0.5, 0.6) is 0 Å². The molecule has 1 unspecified atom stereocenters. The lowest BCUT2D eigenvalue weighted by molar-refractivity contribution is -0.151. The van der Waals surface area contributed by atoms with Crippen molar-refractivity contribution in [3.8, 4) is 0 Å². The average molecular weight is 353 g/mol. The van der Waals surface area contributed by atoms with Gasteiger partial charge in [-0.15, -0.1) is 0 Å². The third kappa shape index (κ3) is 6.94. The van der Waals surface area contributed by atoms with Crippen molar-refractivity contribution in [1.29, 1.82) is 0 Å². The Morgan fingerprint density at radius 2 is 1.76 bits per heavy atom. The molecule has 1 saturated heterocycles. The monoisotopic (exact) mass is 353 g/mol. The Balaban J connectivity index is 2.88. The number of carbonyl (C=O) groups is 4. The van der Waals surface area contributed by atoms with Crippen LogP contribution < -0.4 is 11.1 Å². The molecule has 1 aliphatic heterocycles. The predicted molar refractivity (Wildman–Crippen MR) is 94.4 cm³/mol. The van der Waals surface area contributed by atoms with Crippen LogP contribution in [0.3, 0.4) is 0 Å². The van der Waals surface area contributed by atoms with Gasteiger partial charge in [0, 0.05) is 18.8 Å². The number of rotatable bonds is 8. The Labute approximate surface area is 149 Å². The van der Waals surface area contributed by atoms with Gasteiger partial charge in [0.2, 0.25) is 17.7 Å². The zero-order valence-corrected chi connectivity index (χ0v) is 15.5. The lowest BCUT2D eigenvalue weighted by atomic mass is 10.0. The highest BCUT2D eigenvalue weighted by Gasteiger charge is 2.34. The van der Waals surface area contributed by atoms with Crippen molar-refractivity contribution in [3.05, 3.63) is 0 Å². The molecule has 0 aromatic rings. The minimum absolute atomic E-state index is 0.0364. The number of nitrogens with zero attached hydrogens (tertiary/aromatic N) is 1. The van der Waals surface area contributed by atoms with Crippen LogP contribution in [0.25, 0.3) is 0 Å². The maximum absolute atomic E-state index is 12.7. The summed E-state index contributed by atoms with van der Waals surface area (Å²) in [7, 11) is 0. The lowest BCUT2D eigenvalue weighted by Crippen LogP contribution is -2.49. The number of hydrogen-bond acceptors (Lipinski definition) is 5. The van der Waals surface area contributed by atoms with Crippen LogP contribution in [-0.4, -0.2) is 47.5 Å². The van der Waals surface area contributed by atoms with Crippen molar-refractivity contribution in [2.45, 2.75) is 65.3 Å². The van der Waals surface area contributed by atoms with Crippen molar-refractivity contribution in [3.63, 3.8) is 0 Å². The Bertz CT molecular complexity index is 505. The van der Waals surface area contributed by atoms with E-state index in [9.17, 15) is 19.2 Å². The van der Waals surface area contributed by atoms with Crippen LogP contribution in [-0.2, 0) is 19.2 Å². The number of primary amides is 1. The van der Waals surface area contributed by atoms with Crippen LogP contribution in [0.1, 0.15) is 59.3 Å². The second-order valence-corrected chi connectivity index (χ2v) is 7.23. The molecule has 25 heavy (non-hydrogen) atoms. The maximum Gasteiger partial charge on any atom is 0.229 e. The molecule has 0 spiro atoms. The first-order valence-corrected chi connectivity index (χ1v) is 9.11. The number of imide groups is 1. The fourth-order valence-corrected chi connectivity index (χ4v) is 2.81. The molecule has 0 aromatic carbocycles. The summed E-state index contributed by atoms with van der Waals surface area (Å²) in [6.07, 6.45) is 2.44. The van der Waals surface area contributed by atoms with Crippen LogP contribution in [0, 0.1) is 11.8 Å². The number of carbonyl (C=O) groups excluding carboxylic acids is 4. The standard InChI is InChI=1S/C18H31N3O4/c1-12(2)6-8-16(23)21(14-5-4-10-20-11-15(14)22)17(24)9-7-13(3)18(19)25/h12-14,20H,4-11H2,1-3H3,(H2,19,25)/t13?,14-/m0/s1. The van der Waals surface area contributed by atoms with Gasteiger partial charge in [-0.25, -0.2) is 0 Å². The van der Waals surface area contributed by atoms with E-state index >= 15 is 0 Å². The molecule has 0 bridgehead atoms. The van der Waals surface area contributed by atoms with E-state index in [1.807, 2.05) is 13.8 Å². The summed E-state index contributed by atoms with van der Waals surface area (Å²) in [6.45, 7) is 6.54. The number of amides is 3. The Morgan fingerprint density at radius 3 is 2.32 bits per heavy atom. The third-order valence-electron chi connectivity index (χ3n) is 4.56. The SMILES string of the molecule is CC(C)CCC(=O)N(C(=O)CCC(C)C(N)=O)[C@H]1CCCNCC1=O. The van der Waals surface area contributed by atoms with Gasteiger partial charge in [0.1, 0.15) is 0 Å². The molecule has 1 fully saturated rings. The second kappa shape index (κ2) is 10.3. The Morgan fingerprint density at radius 1 is 1.16 bits per heavy atom. The largest absolute Gasteiger partial charge is 0.369 e. The van der Waals surface area contributed by atoms with E-state index in [4.69, 9.17) is 5.73 Å². The molecule has 2 atom stereocenters. The summed E-state index contributed by atoms with van der Waals surface area (Å²) in [6, 6.07) is -0.703. The highest BCUT2D eigenvalue weighted by molar-refractivity contribution is 6.01. The van der Waals surface area contributed by atoms with Gasteiger partial charge in [-0.3, -0.25) is 24.1 Å². The first-order chi connectivity index (χ1) is 11.7. The van der Waals surface area contributed by atoms with E-state index in [0.717, 1.165) is 11.3 Å². The van der Waals surface area contributed by atoms with Gasteiger partial charge in [0.05, 0.1) is 12.6 Å². The van der Waals surface area contributed by atoms with E-state index in [1.54, 1.807) is 6.92 Å². The van der Waals surface area contributed by atoms with Crippen LogP contribution in [0.4, 0.5) is 0 Å². The summed E-state index contributed by atoms with van der Waals surface area (Å²) < 4.78 is 0. The van der Waals surface area contributed by atoms with E-state index in [1.165, 1.54) is 0 Å². The molecule has 1 heterocycles. The maximum atomic E-state index is 12.7. The van der Waals surface area contributed by atoms with Crippen molar-refractivity contribution in [2.24, 2.45) is 17.6 Å². The van der Waals surface area contributed by atoms with Crippen LogP contribution in [0.15, 0.2) is 0 Å². The molecule has 3 amide bonds. The first-order valence-electron chi connectivity index (χ1n) is 9.11. The highest BCUT2D eigenvalue weighted by Crippen LogP contribution is 2.18. The predicted octanol–water partition coefficient (Wildman–Crippen LogP) is 1.00. The van der Waals surface area contributed by atoms with E-state index in [-0.39, 0.29) is 43.4 Å². The van der Waals surface area contributed by atoms with E-state index in [0.29, 0.717) is 25.3 Å². The molecule has 1 rings (SSSR count). The molecule has 7 heteroatoms. The van der Waals surface area contributed by atoms with Crippen molar-refractivity contribution < 1.29 is 19.2 Å². The van der Waals surface area contributed by atoms with Gasteiger partial charge in [-0.2, -0.15) is 0 Å². The molecule has 3 N–H and O–H groups in total. The number of nitrogens with one attached hydrogen (secondary N) is 1. The molecule has 0 saturated carbocycles. The van der Waals surface area contributed by atoms with Gasteiger partial charge in [0.15, 0.2) is 5.78 Å². The van der Waals surface area contributed by atoms with Crippen molar-refractivity contribution >= 4 is 23.5 Å². The van der Waals surface area contributed by atoms with Crippen molar-refractivity contribution in [2.75, 3.05) is 13.1 Å². The summed E-state index contributed by atoms with van der Waals surface area (Å²) in [4.78, 5) is 50.0. The Hall–Kier alpha value is -1.76. The number of nitrogens with two attached hydrogens (primary N) is 1. The van der Waals surface area contributed by atoms with E-state index in [2.05, 4.69) is 5.32 Å². The lowest BCUT2D eigenvalue weighted by Gasteiger charge is -2.29. The number of hydrogen-bond donors (Lipinski definition) is 2. The van der Waals surface area contributed by atoms with Gasteiger partial charge in [-0.1, -0.05) is 20.8 Å². The third-order valence-corrected chi connectivity index (χ3v) is 4.56. The fraction of sp³-hybridized carbons (Fsp3) is 0.778. The topological polar surface area (TPSA) is 110 Å². The van der Waals surface area contributed by atoms with Gasteiger partial charge in [0.25, 0.3) is 0 Å². The quantitative estimate of drug-likeness (QED) is 0.676. The number of Topliss-reactive ketones (excluding diaryl/α,β-unsaturated/α-hetero) is 1.